The Bertz CT molecular complexity index is 331. The minimum absolute atomic E-state index is 0.0974. The molecule has 0 spiro atoms. The lowest BCUT2D eigenvalue weighted by Gasteiger charge is -2.36. The summed E-state index contributed by atoms with van der Waals surface area (Å²) in [5.74, 6) is 0.0974. The lowest BCUT2D eigenvalue weighted by molar-refractivity contribution is 0.381. The molecule has 0 aromatic carbocycles. The van der Waals surface area contributed by atoms with Gasteiger partial charge >= 0.3 is 0 Å². The van der Waals surface area contributed by atoms with Crippen molar-refractivity contribution in [2.24, 2.45) is 5.14 Å². The van der Waals surface area contributed by atoms with Crippen LogP contribution in [0, 0.1) is 0 Å². The molecule has 8 heteroatoms. The fourth-order valence-corrected chi connectivity index (χ4v) is 5.62. The van der Waals surface area contributed by atoms with Crippen molar-refractivity contribution < 1.29 is 17.5 Å². The summed E-state index contributed by atoms with van der Waals surface area (Å²) >= 11 is 0. The maximum Gasteiger partial charge on any atom is 0.293 e. The van der Waals surface area contributed by atoms with Crippen LogP contribution in [-0.4, -0.2) is 33.0 Å². The second-order valence-corrected chi connectivity index (χ2v) is 7.80. The quantitative estimate of drug-likeness (QED) is 0.660. The molecule has 1 heterocycles. The molecule has 1 saturated heterocycles. The maximum atomic E-state index is 11.3. The van der Waals surface area contributed by atoms with E-state index in [2.05, 4.69) is 6.92 Å². The highest BCUT2D eigenvalue weighted by Crippen LogP contribution is 2.53. The minimum Gasteiger partial charge on any atom is -0.285 e. The van der Waals surface area contributed by atoms with Crippen LogP contribution in [0.5, 0.6) is 0 Å². The molecule has 0 aliphatic carbocycles. The topological polar surface area (TPSA) is 104 Å². The monoisotopic (exact) mass is 272 g/mol. The van der Waals surface area contributed by atoms with Gasteiger partial charge in [-0.15, -0.1) is 10.8 Å². The summed E-state index contributed by atoms with van der Waals surface area (Å²) in [4.78, 5) is 0. The Hall–Kier alpha value is 0.140. The van der Waals surface area contributed by atoms with Crippen LogP contribution in [0.1, 0.15) is 39.0 Å². The molecule has 0 aromatic rings. The fraction of sp³-hybridized carbons (Fsp3) is 1.00. The molecule has 16 heavy (non-hydrogen) atoms. The zero-order valence-corrected chi connectivity index (χ0v) is 11.0. The predicted octanol–water partition coefficient (Wildman–Crippen LogP) is 1.51. The molecular weight excluding hydrogens is 252 g/mol. The third-order valence-electron chi connectivity index (χ3n) is 2.70. The average molecular weight is 272 g/mol. The first-order valence-electron chi connectivity index (χ1n) is 5.37. The predicted molar refractivity (Wildman–Crippen MR) is 65.2 cm³/mol. The van der Waals surface area contributed by atoms with E-state index >= 15 is 0 Å². The van der Waals surface area contributed by atoms with Crippen LogP contribution in [0.2, 0.25) is 0 Å². The van der Waals surface area contributed by atoms with Crippen molar-refractivity contribution in [3.63, 3.8) is 0 Å². The third-order valence-corrected chi connectivity index (χ3v) is 6.50. The third kappa shape index (κ3) is 3.31. The summed E-state index contributed by atoms with van der Waals surface area (Å²) in [7, 11) is -7.24. The van der Waals surface area contributed by atoms with E-state index in [4.69, 9.17) is 5.14 Å². The van der Waals surface area contributed by atoms with Crippen LogP contribution in [-0.2, 0) is 10.2 Å². The molecule has 0 saturated carbocycles. The van der Waals surface area contributed by atoms with Gasteiger partial charge in [-0.25, -0.2) is 5.14 Å². The van der Waals surface area contributed by atoms with E-state index in [1.807, 2.05) is 0 Å². The first-order chi connectivity index (χ1) is 7.29. The van der Waals surface area contributed by atoms with E-state index in [1.165, 1.54) is 0 Å². The van der Waals surface area contributed by atoms with Crippen molar-refractivity contribution in [2.45, 2.75) is 45.1 Å². The Balaban J connectivity index is 2.71. The van der Waals surface area contributed by atoms with E-state index in [0.717, 1.165) is 23.0 Å². The van der Waals surface area contributed by atoms with Crippen LogP contribution in [0.3, 0.4) is 0 Å². The van der Waals surface area contributed by atoms with Gasteiger partial charge in [-0.1, -0.05) is 29.9 Å². The largest absolute Gasteiger partial charge is 0.293 e. The Morgan fingerprint density at radius 2 is 2.06 bits per heavy atom. The highest BCUT2D eigenvalue weighted by atomic mass is 32.3. The maximum absolute atomic E-state index is 11.3. The van der Waals surface area contributed by atoms with Crippen molar-refractivity contribution >= 4 is 21.0 Å². The van der Waals surface area contributed by atoms with Gasteiger partial charge in [0.2, 0.25) is 0 Å². The lowest BCUT2D eigenvalue weighted by Crippen LogP contribution is -2.40. The molecule has 1 rings (SSSR count). The zero-order valence-electron chi connectivity index (χ0n) is 9.37. The summed E-state index contributed by atoms with van der Waals surface area (Å²) in [6.45, 7) is 2.06. The van der Waals surface area contributed by atoms with E-state index in [9.17, 15) is 17.5 Å². The number of unbranched alkanes of at least 4 members (excludes halogenated alkanes) is 2. The summed E-state index contributed by atoms with van der Waals surface area (Å²) in [5.41, 5.74) is 0. The second kappa shape index (κ2) is 5.19. The molecule has 0 radical (unpaired) electrons. The molecular formula is C8H20N2O4S2. The SMILES string of the molecule is CCCCCC1CCS(O)(O)N1S(N)(=O)=O. The van der Waals surface area contributed by atoms with Gasteiger partial charge in [0, 0.05) is 6.04 Å². The summed E-state index contributed by atoms with van der Waals surface area (Å²) in [6, 6.07) is -0.355. The van der Waals surface area contributed by atoms with Gasteiger partial charge in [0.1, 0.15) is 0 Å². The van der Waals surface area contributed by atoms with Gasteiger partial charge in [0.25, 0.3) is 10.2 Å². The highest BCUT2D eigenvalue weighted by molar-refractivity contribution is 8.27. The first-order valence-corrected chi connectivity index (χ1v) is 8.55. The van der Waals surface area contributed by atoms with Crippen LogP contribution >= 0.6 is 10.8 Å². The molecule has 98 valence electrons. The van der Waals surface area contributed by atoms with E-state index < -0.39 is 21.0 Å². The fourth-order valence-electron chi connectivity index (χ4n) is 1.98. The van der Waals surface area contributed by atoms with Gasteiger partial charge in [0.15, 0.2) is 0 Å². The second-order valence-electron chi connectivity index (χ2n) is 4.07. The Labute approximate surface area is 98.5 Å². The van der Waals surface area contributed by atoms with Crippen LogP contribution in [0.25, 0.3) is 0 Å². The van der Waals surface area contributed by atoms with Gasteiger partial charge in [-0.3, -0.25) is 9.11 Å². The molecule has 4 N–H and O–H groups in total. The van der Waals surface area contributed by atoms with Crippen molar-refractivity contribution in [3.8, 4) is 0 Å². The number of nitrogens with zero attached hydrogens (tertiary/aromatic N) is 1. The number of hydrogen-bond acceptors (Lipinski definition) is 4. The lowest BCUT2D eigenvalue weighted by atomic mass is 10.1. The van der Waals surface area contributed by atoms with E-state index in [1.54, 1.807) is 0 Å². The average Bonchev–Trinajstić information content (AvgIpc) is 2.41. The number of rotatable bonds is 5. The molecule has 1 fully saturated rings. The standard InChI is InChI=1S/C8H20N2O4S2/c1-2-3-4-5-8-6-7-15(11,12)10(8)16(9,13)14/h8,11-12H,2-7H2,1H3,(H2,9,13,14). The van der Waals surface area contributed by atoms with Crippen LogP contribution in [0.4, 0.5) is 0 Å². The van der Waals surface area contributed by atoms with Gasteiger partial charge in [-0.05, 0) is 12.8 Å². The van der Waals surface area contributed by atoms with Crippen LogP contribution in [0.15, 0.2) is 0 Å². The molecule has 1 atom stereocenters. The molecule has 6 nitrogen and oxygen atoms in total. The Morgan fingerprint density at radius 3 is 2.56 bits per heavy atom. The molecule has 0 aromatic heterocycles. The van der Waals surface area contributed by atoms with Gasteiger partial charge in [0.05, 0.1) is 5.75 Å². The zero-order chi connectivity index (χ0) is 12.4. The van der Waals surface area contributed by atoms with E-state index in [0.29, 0.717) is 12.8 Å². The van der Waals surface area contributed by atoms with Gasteiger partial charge in [-0.2, -0.15) is 8.42 Å². The summed E-state index contributed by atoms with van der Waals surface area (Å²) < 4.78 is 42.6. The normalized spacial score (nSPS) is 28.1. The molecule has 0 amide bonds. The van der Waals surface area contributed by atoms with Crippen molar-refractivity contribution in [1.29, 1.82) is 0 Å². The summed E-state index contributed by atoms with van der Waals surface area (Å²) in [6.07, 6.45) is 4.04. The molecule has 1 unspecified atom stereocenters. The van der Waals surface area contributed by atoms with Crippen molar-refractivity contribution in [1.82, 2.24) is 3.71 Å². The highest BCUT2D eigenvalue weighted by Gasteiger charge is 2.43. The number of hydrogen-bond donors (Lipinski definition) is 3. The smallest absolute Gasteiger partial charge is 0.285 e. The number of nitrogens with two attached hydrogens (primary N) is 1. The van der Waals surface area contributed by atoms with Crippen LogP contribution < -0.4 is 5.14 Å². The first kappa shape index (κ1) is 14.2. The Kier molecular flexibility index (Phi) is 4.61. The molecule has 0 bridgehead atoms. The summed E-state index contributed by atoms with van der Waals surface area (Å²) in [5, 5.41) is 5.01. The van der Waals surface area contributed by atoms with Crippen molar-refractivity contribution in [3.05, 3.63) is 0 Å². The molecule has 1 aliphatic rings. The van der Waals surface area contributed by atoms with E-state index in [-0.39, 0.29) is 11.8 Å². The Morgan fingerprint density at radius 1 is 1.44 bits per heavy atom. The minimum atomic E-state index is -4.03. The molecule has 1 aliphatic heterocycles. The van der Waals surface area contributed by atoms with Gasteiger partial charge < -0.3 is 0 Å². The van der Waals surface area contributed by atoms with Crippen molar-refractivity contribution in [2.75, 3.05) is 5.75 Å².